The number of amides is 2. The summed E-state index contributed by atoms with van der Waals surface area (Å²) >= 11 is 0. The second-order valence-corrected chi connectivity index (χ2v) is 7.60. The van der Waals surface area contributed by atoms with E-state index in [1.165, 1.54) is 16.3 Å². The minimum atomic E-state index is -0.382. The Bertz CT molecular complexity index is 1420. The highest BCUT2D eigenvalue weighted by Gasteiger charge is 2.08. The molecule has 0 aliphatic carbocycles. The average molecular weight is 419 g/mol. The Balaban J connectivity index is 1.36. The van der Waals surface area contributed by atoms with Crippen LogP contribution in [0.5, 0.6) is 0 Å². The molecule has 156 valence electrons. The molecule has 0 spiro atoms. The van der Waals surface area contributed by atoms with Gasteiger partial charge in [-0.1, -0.05) is 72.8 Å². The second-order valence-electron chi connectivity index (χ2n) is 7.60. The Morgan fingerprint density at radius 3 is 2.47 bits per heavy atom. The zero-order valence-corrected chi connectivity index (χ0v) is 17.4. The molecule has 5 heteroatoms. The van der Waals surface area contributed by atoms with Crippen LogP contribution < -0.4 is 10.7 Å². The zero-order chi connectivity index (χ0) is 21.8. The quantitative estimate of drug-likeness (QED) is 0.267. The molecule has 2 amide bonds. The molecule has 1 heterocycles. The third-order valence-corrected chi connectivity index (χ3v) is 5.39. The van der Waals surface area contributed by atoms with Crippen molar-refractivity contribution >= 4 is 39.6 Å². The number of para-hydroxylation sites is 2. The molecule has 0 fully saturated rings. The van der Waals surface area contributed by atoms with E-state index >= 15 is 0 Å². The fourth-order valence-electron chi connectivity index (χ4n) is 3.88. The maximum absolute atomic E-state index is 12.1. The van der Waals surface area contributed by atoms with Crippen molar-refractivity contribution in [3.8, 4) is 0 Å². The zero-order valence-electron chi connectivity index (χ0n) is 17.4. The van der Waals surface area contributed by atoms with Crippen LogP contribution in [0.1, 0.15) is 11.1 Å². The van der Waals surface area contributed by atoms with Gasteiger partial charge in [-0.3, -0.25) is 0 Å². The van der Waals surface area contributed by atoms with Crippen LogP contribution in [0.15, 0.2) is 108 Å². The number of aromatic nitrogens is 1. The number of carbonyl (C=O) groups is 1. The van der Waals surface area contributed by atoms with Crippen molar-refractivity contribution in [2.24, 2.45) is 5.10 Å². The summed E-state index contributed by atoms with van der Waals surface area (Å²) in [4.78, 5) is 12.1. The van der Waals surface area contributed by atoms with Gasteiger partial charge in [0.25, 0.3) is 0 Å². The minimum absolute atomic E-state index is 0.382. The molecule has 0 radical (unpaired) electrons. The number of rotatable bonds is 5. The summed E-state index contributed by atoms with van der Waals surface area (Å²) < 4.78 is 2.21. The highest BCUT2D eigenvalue weighted by atomic mass is 16.2. The van der Waals surface area contributed by atoms with E-state index < -0.39 is 0 Å². The lowest BCUT2D eigenvalue weighted by molar-refractivity contribution is 0.252. The molecule has 0 aliphatic heterocycles. The first-order chi connectivity index (χ1) is 15.8. The molecule has 0 saturated heterocycles. The standard InChI is InChI=1S/C27H22N4O/c32-27(29-24-10-2-1-3-11-24)30-28-17-23-19-31(26-13-7-6-12-25(23)26)18-20-14-15-21-8-4-5-9-22(21)16-20/h1-17,19H,18H2,(H2,29,30,32)/b28-17+. The van der Waals surface area contributed by atoms with Gasteiger partial charge in [0.1, 0.15) is 0 Å². The summed E-state index contributed by atoms with van der Waals surface area (Å²) in [5.41, 5.74) is 6.55. The summed E-state index contributed by atoms with van der Waals surface area (Å²) in [6.07, 6.45) is 3.75. The number of fused-ring (bicyclic) bond motifs is 2. The van der Waals surface area contributed by atoms with E-state index in [1.807, 2.05) is 42.5 Å². The number of anilines is 1. The lowest BCUT2D eigenvalue weighted by Gasteiger charge is -2.07. The molecule has 1 aromatic heterocycles. The van der Waals surface area contributed by atoms with Crippen LogP contribution in [0.3, 0.4) is 0 Å². The van der Waals surface area contributed by atoms with Crippen LogP contribution in [0.4, 0.5) is 10.5 Å². The monoisotopic (exact) mass is 418 g/mol. The smallest absolute Gasteiger partial charge is 0.339 e. The summed E-state index contributed by atoms with van der Waals surface area (Å²) in [6, 6.07) is 32.0. The number of hydrogen-bond acceptors (Lipinski definition) is 2. The predicted molar refractivity (Wildman–Crippen MR) is 131 cm³/mol. The number of nitrogens with zero attached hydrogens (tertiary/aromatic N) is 2. The molecule has 32 heavy (non-hydrogen) atoms. The Morgan fingerprint density at radius 1 is 0.844 bits per heavy atom. The van der Waals surface area contributed by atoms with Crippen molar-refractivity contribution in [3.63, 3.8) is 0 Å². The van der Waals surface area contributed by atoms with Gasteiger partial charge in [-0.25, -0.2) is 10.2 Å². The van der Waals surface area contributed by atoms with Crippen molar-refractivity contribution in [3.05, 3.63) is 114 Å². The Kier molecular flexibility index (Phi) is 5.37. The van der Waals surface area contributed by atoms with E-state index in [9.17, 15) is 4.79 Å². The van der Waals surface area contributed by atoms with E-state index in [0.717, 1.165) is 23.0 Å². The molecule has 4 aromatic carbocycles. The number of carbonyl (C=O) groups excluding carboxylic acids is 1. The van der Waals surface area contributed by atoms with Gasteiger partial charge in [-0.15, -0.1) is 0 Å². The first kappa shape index (κ1) is 19.6. The summed E-state index contributed by atoms with van der Waals surface area (Å²) in [6.45, 7) is 0.751. The van der Waals surface area contributed by atoms with Crippen LogP contribution in [-0.4, -0.2) is 16.8 Å². The van der Waals surface area contributed by atoms with Gasteiger partial charge in [-0.2, -0.15) is 5.10 Å². The lowest BCUT2D eigenvalue weighted by Crippen LogP contribution is -2.24. The van der Waals surface area contributed by atoms with Crippen molar-refractivity contribution in [2.45, 2.75) is 6.54 Å². The minimum Gasteiger partial charge on any atom is -0.342 e. The van der Waals surface area contributed by atoms with E-state index in [1.54, 1.807) is 6.21 Å². The molecule has 0 bridgehead atoms. The van der Waals surface area contributed by atoms with E-state index in [4.69, 9.17) is 0 Å². The maximum atomic E-state index is 12.1. The second kappa shape index (κ2) is 8.78. The number of urea groups is 1. The van der Waals surface area contributed by atoms with Crippen LogP contribution in [0.25, 0.3) is 21.7 Å². The largest absolute Gasteiger partial charge is 0.342 e. The van der Waals surface area contributed by atoms with Crippen LogP contribution in [-0.2, 0) is 6.54 Å². The fourth-order valence-corrected chi connectivity index (χ4v) is 3.88. The Hall–Kier alpha value is -4.38. The molecule has 5 aromatic rings. The Labute approximate surface area is 186 Å². The first-order valence-electron chi connectivity index (χ1n) is 10.5. The molecule has 0 atom stereocenters. The van der Waals surface area contributed by atoms with Gasteiger partial charge in [0.15, 0.2) is 0 Å². The molecule has 0 unspecified atom stereocenters. The van der Waals surface area contributed by atoms with Crippen LogP contribution >= 0.6 is 0 Å². The summed E-state index contributed by atoms with van der Waals surface area (Å²) in [5, 5.41) is 10.5. The lowest BCUT2D eigenvalue weighted by atomic mass is 10.1. The van der Waals surface area contributed by atoms with Gasteiger partial charge in [0, 0.05) is 34.9 Å². The summed E-state index contributed by atoms with van der Waals surface area (Å²) in [5.74, 6) is 0. The highest BCUT2D eigenvalue weighted by molar-refractivity contribution is 6.00. The third kappa shape index (κ3) is 4.23. The normalized spacial score (nSPS) is 11.2. The van der Waals surface area contributed by atoms with Gasteiger partial charge < -0.3 is 9.88 Å². The van der Waals surface area contributed by atoms with Crippen molar-refractivity contribution in [1.29, 1.82) is 0 Å². The fraction of sp³-hybridized carbons (Fsp3) is 0.0370. The topological polar surface area (TPSA) is 58.4 Å². The van der Waals surface area contributed by atoms with E-state index in [-0.39, 0.29) is 6.03 Å². The van der Waals surface area contributed by atoms with E-state index in [2.05, 4.69) is 81.2 Å². The van der Waals surface area contributed by atoms with E-state index in [0.29, 0.717) is 5.69 Å². The van der Waals surface area contributed by atoms with Crippen molar-refractivity contribution < 1.29 is 4.79 Å². The van der Waals surface area contributed by atoms with Gasteiger partial charge >= 0.3 is 6.03 Å². The van der Waals surface area contributed by atoms with Gasteiger partial charge in [0.2, 0.25) is 0 Å². The molecular formula is C27H22N4O. The number of benzene rings is 4. The first-order valence-corrected chi connectivity index (χ1v) is 10.5. The molecule has 0 saturated carbocycles. The molecular weight excluding hydrogens is 396 g/mol. The SMILES string of the molecule is O=C(N/N=C/c1cn(Cc2ccc3ccccc3c2)c2ccccc12)Nc1ccccc1. The number of hydrogen-bond donors (Lipinski definition) is 2. The van der Waals surface area contributed by atoms with Gasteiger partial charge in [-0.05, 0) is 40.6 Å². The molecule has 2 N–H and O–H groups in total. The molecule has 5 rings (SSSR count). The molecule has 0 aliphatic rings. The highest BCUT2D eigenvalue weighted by Crippen LogP contribution is 2.23. The van der Waals surface area contributed by atoms with Gasteiger partial charge in [0.05, 0.1) is 6.21 Å². The summed E-state index contributed by atoms with van der Waals surface area (Å²) in [7, 11) is 0. The van der Waals surface area contributed by atoms with Crippen molar-refractivity contribution in [1.82, 2.24) is 9.99 Å². The van der Waals surface area contributed by atoms with Crippen LogP contribution in [0.2, 0.25) is 0 Å². The maximum Gasteiger partial charge on any atom is 0.339 e. The average Bonchev–Trinajstić information content (AvgIpc) is 3.17. The third-order valence-electron chi connectivity index (χ3n) is 5.39. The van der Waals surface area contributed by atoms with Crippen LogP contribution in [0, 0.1) is 0 Å². The van der Waals surface area contributed by atoms with Crippen molar-refractivity contribution in [2.75, 3.05) is 5.32 Å². The molecule has 5 nitrogen and oxygen atoms in total. The number of hydrazone groups is 1. The Morgan fingerprint density at radius 2 is 1.59 bits per heavy atom. The predicted octanol–water partition coefficient (Wildman–Crippen LogP) is 6.00. The number of nitrogens with one attached hydrogen (secondary N) is 2.